The molecule has 1 aliphatic carbocycles. The van der Waals surface area contributed by atoms with E-state index in [0.29, 0.717) is 22.6 Å². The lowest BCUT2D eigenvalue weighted by Crippen LogP contribution is -2.29. The zero-order valence-electron chi connectivity index (χ0n) is 18.4. The van der Waals surface area contributed by atoms with Gasteiger partial charge in [0.1, 0.15) is 17.0 Å². The van der Waals surface area contributed by atoms with Crippen LogP contribution in [0.4, 0.5) is 11.5 Å². The fourth-order valence-electron chi connectivity index (χ4n) is 4.21. The van der Waals surface area contributed by atoms with Crippen LogP contribution in [0.5, 0.6) is 0 Å². The molecule has 0 atom stereocenters. The molecule has 9 heteroatoms. The first-order valence-electron chi connectivity index (χ1n) is 11.1. The summed E-state index contributed by atoms with van der Waals surface area (Å²) in [4.78, 5) is 28.2. The monoisotopic (exact) mass is 501 g/mol. The highest BCUT2D eigenvalue weighted by molar-refractivity contribution is 7.19. The van der Waals surface area contributed by atoms with Gasteiger partial charge in [-0.1, -0.05) is 29.3 Å². The summed E-state index contributed by atoms with van der Waals surface area (Å²) in [5, 5.41) is 5.40. The number of carbonyl (C=O) groups excluding carboxylic acids is 1. The highest BCUT2D eigenvalue weighted by Gasteiger charge is 2.26. The molecule has 3 heterocycles. The number of carbonyl (C=O) groups is 1. The minimum Gasteiger partial charge on any atom is -0.340 e. The van der Waals surface area contributed by atoms with Crippen LogP contribution in [0.15, 0.2) is 36.7 Å². The van der Waals surface area contributed by atoms with Gasteiger partial charge < -0.3 is 10.2 Å². The zero-order chi connectivity index (χ0) is 22.9. The molecule has 3 aromatic rings. The molecule has 0 spiro atoms. The number of nitrogens with zero attached hydrogens (tertiary/aromatic N) is 4. The van der Waals surface area contributed by atoms with Crippen LogP contribution in [-0.2, 0) is 17.8 Å². The molecule has 1 N–H and O–H groups in total. The molecule has 1 saturated carbocycles. The minimum absolute atomic E-state index is 0.0738. The number of hydrogen-bond donors (Lipinski definition) is 1. The minimum atomic E-state index is 0.0738. The summed E-state index contributed by atoms with van der Waals surface area (Å²) >= 11 is 13.9. The molecule has 172 valence electrons. The SMILES string of the molecule is CN(C/C=C/C(=O)N1CCCc2c(sc3ncnc(Nc4ccc(Cl)c(Cl)c4)c23)C1)C1CC1. The van der Waals surface area contributed by atoms with Gasteiger partial charge in [-0.15, -0.1) is 11.3 Å². The van der Waals surface area contributed by atoms with Crippen LogP contribution in [0.2, 0.25) is 10.0 Å². The van der Waals surface area contributed by atoms with Crippen LogP contribution < -0.4 is 5.32 Å². The molecule has 1 fully saturated rings. The summed E-state index contributed by atoms with van der Waals surface area (Å²) in [5.41, 5.74) is 2.04. The van der Waals surface area contributed by atoms with E-state index in [4.69, 9.17) is 23.2 Å². The number of anilines is 2. The van der Waals surface area contributed by atoms with Crippen molar-refractivity contribution < 1.29 is 4.79 Å². The van der Waals surface area contributed by atoms with E-state index in [9.17, 15) is 4.79 Å². The van der Waals surface area contributed by atoms with Gasteiger partial charge in [0.25, 0.3) is 0 Å². The first-order valence-corrected chi connectivity index (χ1v) is 12.7. The molecule has 5 rings (SSSR count). The predicted molar refractivity (Wildman–Crippen MR) is 136 cm³/mol. The van der Waals surface area contributed by atoms with Gasteiger partial charge in [-0.3, -0.25) is 9.69 Å². The molecule has 1 amide bonds. The van der Waals surface area contributed by atoms with E-state index >= 15 is 0 Å². The van der Waals surface area contributed by atoms with Gasteiger partial charge in [0.2, 0.25) is 5.91 Å². The molecule has 2 aliphatic rings. The number of hydrogen-bond acceptors (Lipinski definition) is 6. The second-order valence-electron chi connectivity index (χ2n) is 8.60. The van der Waals surface area contributed by atoms with Crippen LogP contribution in [0, 0.1) is 0 Å². The highest BCUT2D eigenvalue weighted by atomic mass is 35.5. The Labute approximate surface area is 207 Å². The Kier molecular flexibility index (Phi) is 6.56. The van der Waals surface area contributed by atoms with Gasteiger partial charge in [-0.25, -0.2) is 9.97 Å². The lowest BCUT2D eigenvalue weighted by Gasteiger charge is -2.18. The summed E-state index contributed by atoms with van der Waals surface area (Å²) in [5.74, 6) is 0.823. The fourth-order valence-corrected chi connectivity index (χ4v) is 5.71. The Hall–Kier alpha value is -2.19. The summed E-state index contributed by atoms with van der Waals surface area (Å²) < 4.78 is 0. The summed E-state index contributed by atoms with van der Waals surface area (Å²) in [6.45, 7) is 2.16. The normalized spacial score (nSPS) is 16.4. The quantitative estimate of drug-likeness (QED) is 0.441. The summed E-state index contributed by atoms with van der Waals surface area (Å²) in [6, 6.07) is 6.12. The predicted octanol–water partition coefficient (Wildman–Crippen LogP) is 5.67. The standard InChI is InChI=1S/C24H25Cl2N5OS/c1-30(16-7-8-16)10-3-5-21(32)31-11-2-4-17-20(13-31)33-24-22(17)23(27-14-28-24)29-15-6-9-18(25)19(26)12-15/h3,5-6,9,12,14,16H,2,4,7-8,10-11,13H2,1H3,(H,27,28,29)/b5-3+. The van der Waals surface area contributed by atoms with E-state index < -0.39 is 0 Å². The third-order valence-electron chi connectivity index (χ3n) is 6.18. The number of likely N-dealkylation sites (N-methyl/N-ethyl adjacent to an activating group) is 1. The molecule has 2 aromatic heterocycles. The van der Waals surface area contributed by atoms with Crippen LogP contribution >= 0.6 is 34.5 Å². The molecule has 0 saturated heterocycles. The molecule has 1 aliphatic heterocycles. The average Bonchev–Trinajstić information content (AvgIpc) is 3.61. The van der Waals surface area contributed by atoms with Crippen molar-refractivity contribution in [1.29, 1.82) is 0 Å². The van der Waals surface area contributed by atoms with Crippen LogP contribution in [0.1, 0.15) is 29.7 Å². The van der Waals surface area contributed by atoms with Crippen molar-refractivity contribution in [2.45, 2.75) is 38.3 Å². The highest BCUT2D eigenvalue weighted by Crippen LogP contribution is 2.38. The van der Waals surface area contributed by atoms with Crippen molar-refractivity contribution >= 4 is 62.2 Å². The lowest BCUT2D eigenvalue weighted by molar-refractivity contribution is -0.126. The number of benzene rings is 1. The maximum absolute atomic E-state index is 12.9. The van der Waals surface area contributed by atoms with Crippen LogP contribution in [0.25, 0.3) is 10.2 Å². The molecule has 33 heavy (non-hydrogen) atoms. The second-order valence-corrected chi connectivity index (χ2v) is 10.5. The number of amides is 1. The Morgan fingerprint density at radius 2 is 2.15 bits per heavy atom. The van der Waals surface area contributed by atoms with Crippen molar-refractivity contribution in [3.8, 4) is 0 Å². The number of fused-ring (bicyclic) bond motifs is 3. The number of aromatic nitrogens is 2. The van der Waals surface area contributed by atoms with Gasteiger partial charge in [-0.2, -0.15) is 0 Å². The number of thiophene rings is 1. The fraction of sp³-hybridized carbons (Fsp3) is 0.375. The largest absolute Gasteiger partial charge is 0.340 e. The lowest BCUT2D eigenvalue weighted by atomic mass is 10.1. The second kappa shape index (κ2) is 9.58. The smallest absolute Gasteiger partial charge is 0.246 e. The Bertz CT molecular complexity index is 1220. The average molecular weight is 502 g/mol. The molecular formula is C24H25Cl2N5OS. The Morgan fingerprint density at radius 3 is 2.94 bits per heavy atom. The summed E-state index contributed by atoms with van der Waals surface area (Å²) in [6.07, 6.45) is 9.61. The van der Waals surface area contributed by atoms with Crippen LogP contribution in [0.3, 0.4) is 0 Å². The summed E-state index contributed by atoms with van der Waals surface area (Å²) in [7, 11) is 2.12. The van der Waals surface area contributed by atoms with Gasteiger partial charge in [0, 0.05) is 35.8 Å². The Morgan fingerprint density at radius 1 is 1.30 bits per heavy atom. The van der Waals surface area contributed by atoms with Crippen molar-refractivity contribution in [2.75, 3.05) is 25.5 Å². The van der Waals surface area contributed by atoms with E-state index in [1.807, 2.05) is 17.0 Å². The van der Waals surface area contributed by atoms with E-state index in [1.165, 1.54) is 23.3 Å². The first-order chi connectivity index (χ1) is 16.0. The van der Waals surface area contributed by atoms with Gasteiger partial charge in [0.05, 0.1) is 22.0 Å². The van der Waals surface area contributed by atoms with Gasteiger partial charge in [-0.05, 0) is 56.5 Å². The van der Waals surface area contributed by atoms with E-state index in [-0.39, 0.29) is 5.91 Å². The third kappa shape index (κ3) is 5.01. The van der Waals surface area contributed by atoms with Gasteiger partial charge >= 0.3 is 0 Å². The molecular weight excluding hydrogens is 477 g/mol. The maximum Gasteiger partial charge on any atom is 0.246 e. The Balaban J connectivity index is 1.36. The maximum atomic E-state index is 12.9. The zero-order valence-corrected chi connectivity index (χ0v) is 20.7. The topological polar surface area (TPSA) is 61.4 Å². The van der Waals surface area contributed by atoms with E-state index in [1.54, 1.807) is 35.9 Å². The van der Waals surface area contributed by atoms with Gasteiger partial charge in [0.15, 0.2) is 0 Å². The first kappa shape index (κ1) is 22.6. The van der Waals surface area contributed by atoms with Crippen molar-refractivity contribution in [3.63, 3.8) is 0 Å². The number of halogens is 2. The molecule has 0 bridgehead atoms. The number of aryl methyl sites for hydroxylation is 1. The van der Waals surface area contributed by atoms with E-state index in [0.717, 1.165) is 47.7 Å². The van der Waals surface area contributed by atoms with E-state index in [2.05, 4.69) is 27.2 Å². The number of rotatable bonds is 6. The molecule has 0 radical (unpaired) electrons. The van der Waals surface area contributed by atoms with Crippen LogP contribution in [-0.4, -0.2) is 51.9 Å². The van der Waals surface area contributed by atoms with Crippen molar-refractivity contribution in [3.05, 3.63) is 57.2 Å². The molecule has 6 nitrogen and oxygen atoms in total. The van der Waals surface area contributed by atoms with Crippen molar-refractivity contribution in [2.24, 2.45) is 0 Å². The third-order valence-corrected chi connectivity index (χ3v) is 8.04. The van der Waals surface area contributed by atoms with Crippen molar-refractivity contribution in [1.82, 2.24) is 19.8 Å². The number of nitrogens with one attached hydrogen (secondary N) is 1. The molecule has 1 aromatic carbocycles. The molecule has 0 unspecified atom stereocenters.